The van der Waals surface area contributed by atoms with Crippen molar-refractivity contribution in [2.45, 2.75) is 63.1 Å². The Morgan fingerprint density at radius 3 is 2.34 bits per heavy atom. The molecular weight excluding hydrogens is 505 g/mol. The van der Waals surface area contributed by atoms with Gasteiger partial charge in [0, 0.05) is 11.1 Å². The molecule has 5 rings (SSSR count). The van der Waals surface area contributed by atoms with E-state index in [4.69, 9.17) is 18.8 Å². The van der Waals surface area contributed by atoms with Crippen LogP contribution in [0.1, 0.15) is 50.0 Å². The van der Waals surface area contributed by atoms with E-state index in [9.17, 15) is 18.0 Å². The lowest BCUT2D eigenvalue weighted by Gasteiger charge is -2.37. The van der Waals surface area contributed by atoms with E-state index < -0.39 is 61.1 Å². The summed E-state index contributed by atoms with van der Waals surface area (Å²) in [7, 11) is -0.863. The number of rotatable bonds is 5. The summed E-state index contributed by atoms with van der Waals surface area (Å²) in [4.78, 5) is 17.3. The second-order valence-corrected chi connectivity index (χ2v) is 10.9. The van der Waals surface area contributed by atoms with Crippen molar-refractivity contribution in [2.75, 3.05) is 13.2 Å². The topological polar surface area (TPSA) is 66.4 Å². The highest BCUT2D eigenvalue weighted by molar-refractivity contribution is 6.62. The Hall–Kier alpha value is -2.76. The number of halogens is 4. The molecule has 3 atom stereocenters. The number of benzene rings is 2. The standard InChI is InChI=1S/C27H28BF4NO5/c1-24(2)25(3,4)38-28(37-24)17-10-11-20(29)18(12-17)26-15-36-23(27(30,31)32)19(26)14-35-22(33-26)13-21(34)16-8-6-5-7-9-16/h5-12,19,23H,13-15H2,1-4H3/t19-,23+,26-/m0/s1. The molecule has 38 heavy (non-hydrogen) atoms. The first-order valence-electron chi connectivity index (χ1n) is 12.4. The number of carbonyl (C=O) groups excluding carboxylic acids is 1. The summed E-state index contributed by atoms with van der Waals surface area (Å²) in [6.45, 7) is 6.49. The number of aliphatic imine (C=N–C) groups is 1. The number of ketones is 1. The van der Waals surface area contributed by atoms with Crippen LogP contribution in [0.25, 0.3) is 0 Å². The Morgan fingerprint density at radius 2 is 1.71 bits per heavy atom. The van der Waals surface area contributed by atoms with Crippen LogP contribution < -0.4 is 5.46 Å². The molecule has 6 nitrogen and oxygen atoms in total. The fourth-order valence-corrected chi connectivity index (χ4v) is 5.09. The SMILES string of the molecule is CC1(C)OB(c2ccc(F)c([C@@]34CO[C@@H](C(F)(F)F)[C@@H]3COC(CC(=O)c3ccccc3)=N4)c2)OC1(C)C. The molecule has 0 unspecified atom stereocenters. The molecule has 0 radical (unpaired) electrons. The van der Waals surface area contributed by atoms with Gasteiger partial charge in [-0.15, -0.1) is 0 Å². The van der Waals surface area contributed by atoms with Gasteiger partial charge >= 0.3 is 13.3 Å². The van der Waals surface area contributed by atoms with E-state index in [1.165, 1.54) is 18.2 Å². The van der Waals surface area contributed by atoms with Gasteiger partial charge < -0.3 is 18.8 Å². The number of hydrogen-bond donors (Lipinski definition) is 0. The molecule has 11 heteroatoms. The molecule has 2 fully saturated rings. The molecule has 0 N–H and O–H groups in total. The van der Waals surface area contributed by atoms with Gasteiger partial charge in [0.2, 0.25) is 0 Å². The maximum Gasteiger partial charge on any atom is 0.494 e. The number of ether oxygens (including phenoxy) is 2. The second-order valence-electron chi connectivity index (χ2n) is 10.9. The minimum absolute atomic E-state index is 0.0676. The van der Waals surface area contributed by atoms with Gasteiger partial charge in [-0.3, -0.25) is 4.79 Å². The van der Waals surface area contributed by atoms with Crippen molar-refractivity contribution >= 4 is 24.3 Å². The Balaban J connectivity index is 1.56. The average Bonchev–Trinajstić information content (AvgIpc) is 3.34. The zero-order valence-electron chi connectivity index (χ0n) is 21.5. The van der Waals surface area contributed by atoms with Gasteiger partial charge in [0.25, 0.3) is 0 Å². The summed E-state index contributed by atoms with van der Waals surface area (Å²) in [5.41, 5.74) is -2.35. The van der Waals surface area contributed by atoms with Gasteiger partial charge in [0.15, 0.2) is 17.8 Å². The number of hydrogen-bond acceptors (Lipinski definition) is 6. The third kappa shape index (κ3) is 4.54. The number of nitrogens with zero attached hydrogens (tertiary/aromatic N) is 1. The first-order valence-corrected chi connectivity index (χ1v) is 12.4. The van der Waals surface area contributed by atoms with Crippen LogP contribution >= 0.6 is 0 Å². The number of carbonyl (C=O) groups is 1. The third-order valence-corrected chi connectivity index (χ3v) is 7.93. The van der Waals surface area contributed by atoms with Crippen LogP contribution in [0.3, 0.4) is 0 Å². The second kappa shape index (κ2) is 9.17. The van der Waals surface area contributed by atoms with Crippen LogP contribution in [0, 0.1) is 11.7 Å². The van der Waals surface area contributed by atoms with Gasteiger partial charge in [-0.05, 0) is 39.2 Å². The first-order chi connectivity index (χ1) is 17.7. The van der Waals surface area contributed by atoms with Crippen LogP contribution in [0.4, 0.5) is 17.6 Å². The van der Waals surface area contributed by atoms with E-state index >= 15 is 4.39 Å². The van der Waals surface area contributed by atoms with Gasteiger partial charge in [-0.1, -0.05) is 42.5 Å². The molecule has 2 aromatic carbocycles. The summed E-state index contributed by atoms with van der Waals surface area (Å²) in [5.74, 6) is -2.50. The van der Waals surface area contributed by atoms with Gasteiger partial charge in [-0.2, -0.15) is 13.2 Å². The van der Waals surface area contributed by atoms with Gasteiger partial charge in [0.05, 0.1) is 36.8 Å². The molecule has 2 saturated heterocycles. The Morgan fingerprint density at radius 1 is 1.05 bits per heavy atom. The van der Waals surface area contributed by atoms with E-state index in [0.29, 0.717) is 11.0 Å². The fraction of sp³-hybridized carbons (Fsp3) is 0.481. The molecule has 0 aromatic heterocycles. The molecule has 3 aliphatic heterocycles. The van der Waals surface area contributed by atoms with Crippen LogP contribution in [-0.4, -0.2) is 55.5 Å². The van der Waals surface area contributed by atoms with Crippen molar-refractivity contribution in [3.05, 3.63) is 65.5 Å². The van der Waals surface area contributed by atoms with Crippen molar-refractivity contribution in [3.63, 3.8) is 0 Å². The smallest absolute Gasteiger partial charge is 0.480 e. The molecule has 202 valence electrons. The molecule has 3 aliphatic rings. The summed E-state index contributed by atoms with van der Waals surface area (Å²) >= 11 is 0. The Kier molecular flexibility index (Phi) is 6.48. The number of Topliss-reactive ketones (excluding diaryl/α,β-unsaturated/α-hetero) is 1. The lowest BCUT2D eigenvalue weighted by Crippen LogP contribution is -2.48. The van der Waals surface area contributed by atoms with E-state index in [2.05, 4.69) is 4.99 Å². The Bertz CT molecular complexity index is 1250. The first kappa shape index (κ1) is 26.8. The largest absolute Gasteiger partial charge is 0.494 e. The summed E-state index contributed by atoms with van der Waals surface area (Å²) in [6.07, 6.45) is -7.21. The molecule has 0 amide bonds. The van der Waals surface area contributed by atoms with E-state index in [-0.39, 0.29) is 23.7 Å². The number of alkyl halides is 3. The Labute approximate surface area is 218 Å². The van der Waals surface area contributed by atoms with Crippen molar-refractivity contribution in [1.82, 2.24) is 0 Å². The van der Waals surface area contributed by atoms with Crippen LogP contribution in [0.15, 0.2) is 53.5 Å². The normalized spacial score (nSPS) is 28.0. The van der Waals surface area contributed by atoms with Crippen molar-refractivity contribution < 1.29 is 41.1 Å². The van der Waals surface area contributed by atoms with Gasteiger partial charge in [0.1, 0.15) is 11.4 Å². The fourth-order valence-electron chi connectivity index (χ4n) is 5.09. The average molecular weight is 533 g/mol. The van der Waals surface area contributed by atoms with Crippen molar-refractivity contribution in [1.29, 1.82) is 0 Å². The van der Waals surface area contributed by atoms with Crippen LogP contribution in [-0.2, 0) is 24.3 Å². The highest BCUT2D eigenvalue weighted by Gasteiger charge is 2.63. The molecule has 3 heterocycles. The predicted molar refractivity (Wildman–Crippen MR) is 132 cm³/mol. The highest BCUT2D eigenvalue weighted by atomic mass is 19.4. The van der Waals surface area contributed by atoms with E-state index in [1.54, 1.807) is 30.3 Å². The molecule has 0 aliphatic carbocycles. The van der Waals surface area contributed by atoms with E-state index in [0.717, 1.165) is 0 Å². The molecular formula is C27H28BF4NO5. The summed E-state index contributed by atoms with van der Waals surface area (Å²) in [5, 5.41) is 0. The molecule has 2 aromatic rings. The van der Waals surface area contributed by atoms with Gasteiger partial charge in [-0.25, -0.2) is 9.38 Å². The van der Waals surface area contributed by atoms with Crippen LogP contribution in [0.2, 0.25) is 0 Å². The third-order valence-electron chi connectivity index (χ3n) is 7.93. The zero-order valence-corrected chi connectivity index (χ0v) is 21.5. The summed E-state index contributed by atoms with van der Waals surface area (Å²) in [6, 6.07) is 12.5. The van der Waals surface area contributed by atoms with Crippen molar-refractivity contribution in [3.8, 4) is 0 Å². The lowest BCUT2D eigenvalue weighted by molar-refractivity contribution is -0.219. The summed E-state index contributed by atoms with van der Waals surface area (Å²) < 4.78 is 80.2. The zero-order chi connectivity index (χ0) is 27.5. The molecule has 0 saturated carbocycles. The van der Waals surface area contributed by atoms with E-state index in [1.807, 2.05) is 27.7 Å². The van der Waals surface area contributed by atoms with Crippen molar-refractivity contribution in [2.24, 2.45) is 10.9 Å². The maximum atomic E-state index is 15.5. The predicted octanol–water partition coefficient (Wildman–Crippen LogP) is 4.60. The molecule has 0 bridgehead atoms. The molecule has 0 spiro atoms. The minimum atomic E-state index is -4.72. The quantitative estimate of drug-likeness (QED) is 0.320. The highest BCUT2D eigenvalue weighted by Crippen LogP contribution is 2.50. The monoisotopic (exact) mass is 533 g/mol. The lowest BCUT2D eigenvalue weighted by atomic mass is 9.72. The minimum Gasteiger partial charge on any atom is -0.480 e. The van der Waals surface area contributed by atoms with Crippen LogP contribution in [0.5, 0.6) is 0 Å². The number of fused-ring (bicyclic) bond motifs is 1. The maximum absolute atomic E-state index is 15.5.